The van der Waals surface area contributed by atoms with Gasteiger partial charge in [0, 0.05) is 56.4 Å². The number of carboxylic acid groups (broad SMARTS) is 1. The SMILES string of the molecule is COC1(O[C@@H]2[C@H](OC3(c4ccccc4)c4ccccc4Oc4ccccc43)[C@@H](COC(=O)CCC(=O)O)O[C@H]2n2ccc(=O)[nH]c2=O)CCN(c2ccccc2F)CC1. The number of esters is 1. The summed E-state index contributed by atoms with van der Waals surface area (Å²) in [5.41, 5.74) is -0.418. The number of hydrogen-bond donors (Lipinski definition) is 2. The highest BCUT2D eigenvalue weighted by Crippen LogP contribution is 2.54. The van der Waals surface area contributed by atoms with E-state index in [2.05, 4.69) is 4.98 Å². The number of nitrogens with zero attached hydrogens (tertiary/aromatic N) is 2. The molecule has 0 radical (unpaired) electrons. The van der Waals surface area contributed by atoms with E-state index in [1.54, 1.807) is 18.2 Å². The van der Waals surface area contributed by atoms with Crippen LogP contribution in [0.4, 0.5) is 10.1 Å². The Bertz CT molecular complexity index is 2390. The maximum Gasteiger partial charge on any atom is 0.330 e. The van der Waals surface area contributed by atoms with Crippen molar-refractivity contribution < 1.29 is 47.5 Å². The largest absolute Gasteiger partial charge is 0.481 e. The Hall–Kier alpha value is -6.13. The number of anilines is 1. The molecular weight excluding hydrogens is 765 g/mol. The molecule has 0 unspecified atom stereocenters. The van der Waals surface area contributed by atoms with E-state index in [0.717, 1.165) is 0 Å². The lowest BCUT2D eigenvalue weighted by atomic mass is 9.77. The molecule has 5 aromatic rings. The number of piperidine rings is 1. The smallest absolute Gasteiger partial charge is 0.330 e. The van der Waals surface area contributed by atoms with Crippen molar-refractivity contribution >= 4 is 17.6 Å². The summed E-state index contributed by atoms with van der Waals surface area (Å²) in [4.78, 5) is 54.3. The average molecular weight is 808 g/mol. The number of ether oxygens (including phenoxy) is 6. The van der Waals surface area contributed by atoms with Gasteiger partial charge in [0.25, 0.3) is 5.56 Å². The first-order valence-electron chi connectivity index (χ1n) is 19.3. The number of nitrogens with one attached hydrogen (secondary N) is 1. The van der Waals surface area contributed by atoms with Gasteiger partial charge in [-0.05, 0) is 29.8 Å². The molecule has 0 spiro atoms. The van der Waals surface area contributed by atoms with Crippen LogP contribution in [0.3, 0.4) is 0 Å². The monoisotopic (exact) mass is 807 g/mol. The molecule has 0 aliphatic carbocycles. The van der Waals surface area contributed by atoms with Crippen LogP contribution in [-0.4, -0.2) is 77.5 Å². The number of hydrogen-bond acceptors (Lipinski definition) is 11. The van der Waals surface area contributed by atoms with Crippen molar-refractivity contribution in [1.82, 2.24) is 9.55 Å². The quantitative estimate of drug-likeness (QED) is 0.114. The number of rotatable bonds is 13. The van der Waals surface area contributed by atoms with Crippen LogP contribution in [0.25, 0.3) is 0 Å². The van der Waals surface area contributed by atoms with Crippen LogP contribution in [0.5, 0.6) is 11.5 Å². The second-order valence-electron chi connectivity index (χ2n) is 14.5. The van der Waals surface area contributed by atoms with Gasteiger partial charge in [-0.2, -0.15) is 0 Å². The maximum atomic E-state index is 14.9. The van der Waals surface area contributed by atoms with E-state index in [9.17, 15) is 28.7 Å². The molecule has 306 valence electrons. The number of carboxylic acids is 1. The summed E-state index contributed by atoms with van der Waals surface area (Å²) in [6.07, 6.45) is -3.86. The summed E-state index contributed by atoms with van der Waals surface area (Å²) in [6.45, 7) is 0.255. The number of H-pyrrole nitrogens is 1. The van der Waals surface area contributed by atoms with Gasteiger partial charge in [-0.15, -0.1) is 0 Å². The summed E-state index contributed by atoms with van der Waals surface area (Å²) >= 11 is 0. The molecule has 2 N–H and O–H groups in total. The third kappa shape index (κ3) is 7.77. The number of aliphatic carboxylic acids is 1. The summed E-state index contributed by atoms with van der Waals surface area (Å²) in [5.74, 6) is -2.60. The zero-order valence-electron chi connectivity index (χ0n) is 32.0. The van der Waals surface area contributed by atoms with Gasteiger partial charge in [0.05, 0.1) is 18.5 Å². The van der Waals surface area contributed by atoms with E-state index >= 15 is 0 Å². The summed E-state index contributed by atoms with van der Waals surface area (Å²) in [5, 5.41) is 9.23. The van der Waals surface area contributed by atoms with E-state index in [0.29, 0.717) is 47.0 Å². The van der Waals surface area contributed by atoms with E-state index in [1.165, 1.54) is 30.0 Å². The average Bonchev–Trinajstić information content (AvgIpc) is 3.57. The lowest BCUT2D eigenvalue weighted by Gasteiger charge is -2.46. The van der Waals surface area contributed by atoms with Crippen LogP contribution in [0.15, 0.2) is 125 Å². The minimum absolute atomic E-state index is 0.256. The molecule has 3 aliphatic rings. The minimum atomic E-state index is -1.42. The fraction of sp³-hybridized carbons (Fsp3) is 0.318. The van der Waals surface area contributed by atoms with E-state index in [-0.39, 0.29) is 18.7 Å². The standard InChI is InChI=1S/C44H42FN3O11/c1-54-43(22-25-47(26-23-43)32-16-8-7-15-31(32)45)58-40-39(35(27-55-38(52)20-19-37(50)51)57-41(40)48-24-21-36(49)46-42(48)53)59-44(28-11-3-2-4-12-28)29-13-5-9-17-33(29)56-34-18-10-6-14-30(34)44/h2-18,21,24,35,39-41H,19-20,22-23,25-27H2,1H3,(H,50,51)(H,46,49,53)/t35-,39-,40-,41-/m1/s1. The lowest BCUT2D eigenvalue weighted by Crippen LogP contribution is -2.54. The third-order valence-corrected chi connectivity index (χ3v) is 11.0. The van der Waals surface area contributed by atoms with Crippen molar-refractivity contribution in [2.24, 2.45) is 0 Å². The zero-order valence-corrected chi connectivity index (χ0v) is 32.0. The predicted molar refractivity (Wildman–Crippen MR) is 210 cm³/mol. The van der Waals surface area contributed by atoms with Crippen LogP contribution in [0.1, 0.15) is 48.6 Å². The molecule has 2 saturated heterocycles. The first-order valence-corrected chi connectivity index (χ1v) is 19.3. The first kappa shape index (κ1) is 39.7. The fourth-order valence-corrected chi connectivity index (χ4v) is 8.17. The third-order valence-electron chi connectivity index (χ3n) is 11.0. The fourth-order valence-electron chi connectivity index (χ4n) is 8.17. The number of halogens is 1. The van der Waals surface area contributed by atoms with Crippen molar-refractivity contribution in [3.63, 3.8) is 0 Å². The van der Waals surface area contributed by atoms with Crippen LogP contribution in [0, 0.1) is 5.82 Å². The Kier molecular flexibility index (Phi) is 11.2. The second kappa shape index (κ2) is 16.6. The molecule has 4 heterocycles. The van der Waals surface area contributed by atoms with Crippen LogP contribution in [0.2, 0.25) is 0 Å². The molecule has 0 amide bonds. The molecule has 59 heavy (non-hydrogen) atoms. The van der Waals surface area contributed by atoms with Crippen molar-refractivity contribution in [3.05, 3.63) is 159 Å². The van der Waals surface area contributed by atoms with E-state index in [1.807, 2.05) is 83.8 Å². The topological polar surface area (TPSA) is 168 Å². The maximum absolute atomic E-state index is 14.9. The number of carbonyl (C=O) groups is 2. The number of carbonyl (C=O) groups excluding carboxylic acids is 1. The van der Waals surface area contributed by atoms with E-state index < -0.39 is 78.6 Å². The number of para-hydroxylation sites is 3. The van der Waals surface area contributed by atoms with Gasteiger partial charge in [0.2, 0.25) is 0 Å². The second-order valence-corrected chi connectivity index (χ2v) is 14.5. The molecule has 0 saturated carbocycles. The minimum Gasteiger partial charge on any atom is -0.481 e. The Morgan fingerprint density at radius 2 is 1.47 bits per heavy atom. The predicted octanol–water partition coefficient (Wildman–Crippen LogP) is 5.49. The summed E-state index contributed by atoms with van der Waals surface area (Å²) in [7, 11) is 1.50. The van der Waals surface area contributed by atoms with Crippen LogP contribution < -0.4 is 20.9 Å². The molecule has 8 rings (SSSR count). The number of aromatic nitrogens is 2. The highest BCUT2D eigenvalue weighted by molar-refractivity contribution is 5.76. The van der Waals surface area contributed by atoms with E-state index in [4.69, 9.17) is 28.4 Å². The first-order chi connectivity index (χ1) is 28.6. The molecule has 1 aromatic heterocycles. The van der Waals surface area contributed by atoms with Gasteiger partial charge in [0.1, 0.15) is 42.2 Å². The van der Waals surface area contributed by atoms with Crippen molar-refractivity contribution in [3.8, 4) is 11.5 Å². The van der Waals surface area contributed by atoms with Gasteiger partial charge >= 0.3 is 17.6 Å². The van der Waals surface area contributed by atoms with Crippen molar-refractivity contribution in [2.75, 3.05) is 31.7 Å². The van der Waals surface area contributed by atoms with Gasteiger partial charge in [0.15, 0.2) is 17.6 Å². The lowest BCUT2D eigenvalue weighted by molar-refractivity contribution is -0.282. The molecule has 4 atom stereocenters. The highest BCUT2D eigenvalue weighted by atomic mass is 19.1. The van der Waals surface area contributed by atoms with Gasteiger partial charge in [-0.3, -0.25) is 23.9 Å². The number of aromatic amines is 1. The Morgan fingerprint density at radius 3 is 2.12 bits per heavy atom. The Labute approximate surface area is 337 Å². The molecule has 0 bridgehead atoms. The van der Waals surface area contributed by atoms with Crippen LogP contribution >= 0.6 is 0 Å². The van der Waals surface area contributed by atoms with Gasteiger partial charge in [-0.1, -0.05) is 78.9 Å². The molecular formula is C44H42FN3O11. The van der Waals surface area contributed by atoms with Crippen molar-refractivity contribution in [1.29, 1.82) is 0 Å². The molecule has 14 nitrogen and oxygen atoms in total. The number of methoxy groups -OCH3 is 1. The van der Waals surface area contributed by atoms with Crippen LogP contribution in [-0.2, 0) is 38.9 Å². The molecule has 3 aliphatic heterocycles. The van der Waals surface area contributed by atoms with Crippen molar-refractivity contribution in [2.45, 2.75) is 61.6 Å². The highest BCUT2D eigenvalue weighted by Gasteiger charge is 2.57. The molecule has 15 heteroatoms. The normalized spacial score (nSPS) is 21.5. The Morgan fingerprint density at radius 1 is 0.831 bits per heavy atom. The van der Waals surface area contributed by atoms with Gasteiger partial charge in [-0.25, -0.2) is 9.18 Å². The molecule has 4 aromatic carbocycles. The van der Waals surface area contributed by atoms with Gasteiger partial charge < -0.3 is 38.4 Å². The summed E-state index contributed by atoms with van der Waals surface area (Å²) < 4.78 is 55.7. The molecule has 2 fully saturated rings. The number of fused-ring (bicyclic) bond motifs is 2. The zero-order chi connectivity index (χ0) is 41.1. The summed E-state index contributed by atoms with van der Waals surface area (Å²) in [6, 6.07) is 32.0. The Balaban J connectivity index is 1.26. The number of benzene rings is 4.